The van der Waals surface area contributed by atoms with Gasteiger partial charge in [-0.05, 0) is 55.0 Å². The van der Waals surface area contributed by atoms with Crippen molar-refractivity contribution >= 4 is 34.8 Å². The van der Waals surface area contributed by atoms with Crippen LogP contribution in [0.5, 0.6) is 0 Å². The normalized spacial score (nSPS) is 19.7. The summed E-state index contributed by atoms with van der Waals surface area (Å²) in [7, 11) is 0. The van der Waals surface area contributed by atoms with Gasteiger partial charge in [0.1, 0.15) is 5.82 Å². The van der Waals surface area contributed by atoms with Crippen molar-refractivity contribution in [3.8, 4) is 0 Å². The van der Waals surface area contributed by atoms with Crippen molar-refractivity contribution in [2.24, 2.45) is 5.41 Å². The first-order valence-corrected chi connectivity index (χ1v) is 12.4. The van der Waals surface area contributed by atoms with Gasteiger partial charge in [-0.2, -0.15) is 0 Å². The average Bonchev–Trinajstić information content (AvgIpc) is 3.27. The number of hydrogen-bond acceptors (Lipinski definition) is 4. The van der Waals surface area contributed by atoms with E-state index in [0.717, 1.165) is 18.5 Å². The van der Waals surface area contributed by atoms with Gasteiger partial charge in [-0.15, -0.1) is 22.9 Å². The molecule has 32 heavy (non-hydrogen) atoms. The van der Waals surface area contributed by atoms with Crippen LogP contribution in [0.4, 0.5) is 4.39 Å². The first-order chi connectivity index (χ1) is 15.3. The number of halogens is 2. The monoisotopic (exact) mass is 477 g/mol. The van der Waals surface area contributed by atoms with Gasteiger partial charge in [-0.25, -0.2) is 4.39 Å². The number of alkyl halides is 1. The van der Waals surface area contributed by atoms with Crippen LogP contribution in [-0.4, -0.2) is 71.7 Å². The lowest BCUT2D eigenvalue weighted by Crippen LogP contribution is -2.55. The van der Waals surface area contributed by atoms with Crippen LogP contribution in [0.3, 0.4) is 0 Å². The van der Waals surface area contributed by atoms with Crippen molar-refractivity contribution in [3.63, 3.8) is 0 Å². The van der Waals surface area contributed by atoms with Gasteiger partial charge in [0.25, 0.3) is 0 Å². The molecule has 1 saturated heterocycles. The Labute approximate surface area is 197 Å². The molecule has 1 unspecified atom stereocenters. The molecule has 2 amide bonds. The van der Waals surface area contributed by atoms with Crippen LogP contribution in [0.15, 0.2) is 35.7 Å². The van der Waals surface area contributed by atoms with Crippen molar-refractivity contribution in [3.05, 3.63) is 57.5 Å². The quantitative estimate of drug-likeness (QED) is 0.616. The fraction of sp³-hybridized carbons (Fsp3) is 0.500. The van der Waals surface area contributed by atoms with Crippen LogP contribution in [0.25, 0.3) is 0 Å². The van der Waals surface area contributed by atoms with Gasteiger partial charge in [-0.1, -0.05) is 12.1 Å². The second kappa shape index (κ2) is 9.49. The van der Waals surface area contributed by atoms with E-state index in [2.05, 4.69) is 16.3 Å². The first-order valence-electron chi connectivity index (χ1n) is 11.0. The maximum atomic E-state index is 14.0. The molecular weight excluding hydrogens is 449 g/mol. The molecule has 3 heterocycles. The zero-order chi connectivity index (χ0) is 22.9. The lowest BCUT2D eigenvalue weighted by molar-refractivity contribution is -0.145. The van der Waals surface area contributed by atoms with E-state index in [1.165, 1.54) is 16.5 Å². The van der Waals surface area contributed by atoms with Crippen LogP contribution >= 0.6 is 22.9 Å². The molecule has 5 nitrogen and oxygen atoms in total. The summed E-state index contributed by atoms with van der Waals surface area (Å²) in [6, 6.07) is 8.64. The van der Waals surface area contributed by atoms with Gasteiger partial charge in [-0.3, -0.25) is 14.5 Å². The van der Waals surface area contributed by atoms with Gasteiger partial charge < -0.3 is 9.80 Å². The fourth-order valence-electron chi connectivity index (χ4n) is 4.52. The number of fused-ring (bicyclic) bond motifs is 1. The predicted molar refractivity (Wildman–Crippen MR) is 126 cm³/mol. The maximum Gasteiger partial charge on any atom is 0.236 e. The van der Waals surface area contributed by atoms with E-state index < -0.39 is 5.41 Å². The van der Waals surface area contributed by atoms with E-state index in [1.54, 1.807) is 28.4 Å². The molecular formula is C24H29ClFN3O2S. The molecule has 8 heteroatoms. The van der Waals surface area contributed by atoms with Gasteiger partial charge in [0, 0.05) is 43.5 Å². The highest BCUT2D eigenvalue weighted by Gasteiger charge is 2.35. The summed E-state index contributed by atoms with van der Waals surface area (Å²) in [5.74, 6) is 0.0868. The summed E-state index contributed by atoms with van der Waals surface area (Å²) < 4.78 is 14.0. The van der Waals surface area contributed by atoms with Gasteiger partial charge >= 0.3 is 0 Å². The summed E-state index contributed by atoms with van der Waals surface area (Å²) in [6.45, 7) is 6.80. The highest BCUT2D eigenvalue weighted by atomic mass is 35.5. The van der Waals surface area contributed by atoms with Crippen LogP contribution < -0.4 is 0 Å². The Bertz CT molecular complexity index is 987. The number of nitrogens with zero attached hydrogens (tertiary/aromatic N) is 3. The van der Waals surface area contributed by atoms with Gasteiger partial charge in [0.15, 0.2) is 0 Å². The molecule has 1 fully saturated rings. The Morgan fingerprint density at radius 1 is 1.12 bits per heavy atom. The SMILES string of the molecule is CC(C)(CCl)C(=O)N1CCN(C(=O)CN2CCc3sccc3C2c2cccc(F)c2)CC1. The molecule has 0 aliphatic carbocycles. The van der Waals surface area contributed by atoms with E-state index in [0.29, 0.717) is 26.2 Å². The molecule has 0 spiro atoms. The molecule has 1 atom stereocenters. The Balaban J connectivity index is 1.44. The van der Waals surface area contributed by atoms with Gasteiger partial charge in [0.05, 0.1) is 18.0 Å². The summed E-state index contributed by atoms with van der Waals surface area (Å²) in [5, 5.41) is 2.07. The van der Waals surface area contributed by atoms with E-state index in [1.807, 2.05) is 24.8 Å². The third-order valence-electron chi connectivity index (χ3n) is 6.40. The number of carbonyl (C=O) groups is 2. The zero-order valence-electron chi connectivity index (χ0n) is 18.5. The van der Waals surface area contributed by atoms with Crippen molar-refractivity contribution in [2.75, 3.05) is 45.1 Å². The number of carbonyl (C=O) groups excluding carboxylic acids is 2. The summed E-state index contributed by atoms with van der Waals surface area (Å²) >= 11 is 7.68. The van der Waals surface area contributed by atoms with Crippen molar-refractivity contribution in [1.82, 2.24) is 14.7 Å². The largest absolute Gasteiger partial charge is 0.339 e. The number of thiophene rings is 1. The molecule has 4 rings (SSSR count). The third-order valence-corrected chi connectivity index (χ3v) is 8.07. The number of hydrogen-bond donors (Lipinski definition) is 0. The minimum Gasteiger partial charge on any atom is -0.339 e. The smallest absolute Gasteiger partial charge is 0.236 e. The number of amides is 2. The van der Waals surface area contributed by atoms with E-state index in [-0.39, 0.29) is 36.1 Å². The minimum atomic E-state index is -0.599. The second-order valence-corrected chi connectivity index (χ2v) is 10.4. The highest BCUT2D eigenvalue weighted by molar-refractivity contribution is 7.10. The Morgan fingerprint density at radius 3 is 2.53 bits per heavy atom. The van der Waals surface area contributed by atoms with Crippen LogP contribution in [0.1, 0.15) is 35.9 Å². The molecule has 0 saturated carbocycles. The predicted octanol–water partition coefficient (Wildman–Crippen LogP) is 3.77. The zero-order valence-corrected chi connectivity index (χ0v) is 20.1. The molecule has 0 N–H and O–H groups in total. The Hall–Kier alpha value is -1.96. The molecule has 1 aromatic carbocycles. The van der Waals surface area contributed by atoms with E-state index in [9.17, 15) is 14.0 Å². The summed E-state index contributed by atoms with van der Waals surface area (Å²) in [4.78, 5) is 32.9. The van der Waals surface area contributed by atoms with Crippen molar-refractivity contribution in [1.29, 1.82) is 0 Å². The number of rotatable bonds is 5. The lowest BCUT2D eigenvalue weighted by Gasteiger charge is -2.40. The Kier molecular flexibility index (Phi) is 6.89. The minimum absolute atomic E-state index is 0.0341. The Morgan fingerprint density at radius 2 is 1.84 bits per heavy atom. The molecule has 2 aromatic rings. The van der Waals surface area contributed by atoms with Crippen LogP contribution in [-0.2, 0) is 16.0 Å². The second-order valence-electron chi connectivity index (χ2n) is 9.17. The van der Waals surface area contributed by atoms with E-state index in [4.69, 9.17) is 11.6 Å². The molecule has 0 radical (unpaired) electrons. The molecule has 2 aliphatic rings. The first kappa shape index (κ1) is 23.2. The standard InChI is InChI=1S/C24H29ClFN3O2S/c1-24(2,16-25)23(31)28-11-9-27(10-12-28)21(30)15-29-8-6-20-19(7-13-32-20)22(29)17-4-3-5-18(26)14-17/h3-5,7,13-14,22H,6,8-12,15-16H2,1-2H3. The lowest BCUT2D eigenvalue weighted by atomic mass is 9.93. The fourth-order valence-corrected chi connectivity index (χ4v) is 5.54. The van der Waals surface area contributed by atoms with Crippen LogP contribution in [0.2, 0.25) is 0 Å². The molecule has 0 bridgehead atoms. The maximum absolute atomic E-state index is 14.0. The summed E-state index contributed by atoms with van der Waals surface area (Å²) in [6.07, 6.45) is 0.891. The van der Waals surface area contributed by atoms with Crippen molar-refractivity contribution in [2.45, 2.75) is 26.3 Å². The average molecular weight is 478 g/mol. The molecule has 1 aromatic heterocycles. The van der Waals surface area contributed by atoms with Crippen molar-refractivity contribution < 1.29 is 14.0 Å². The number of piperazine rings is 1. The number of benzene rings is 1. The topological polar surface area (TPSA) is 43.9 Å². The van der Waals surface area contributed by atoms with E-state index >= 15 is 0 Å². The molecule has 2 aliphatic heterocycles. The van der Waals surface area contributed by atoms with Gasteiger partial charge in [0.2, 0.25) is 11.8 Å². The third kappa shape index (κ3) is 4.70. The summed E-state index contributed by atoms with van der Waals surface area (Å²) in [5.41, 5.74) is 1.44. The highest BCUT2D eigenvalue weighted by Crippen LogP contribution is 2.37. The molecule has 172 valence electrons. The van der Waals surface area contributed by atoms with Crippen LogP contribution in [0, 0.1) is 11.2 Å².